The first-order valence-electron chi connectivity index (χ1n) is 4.01. The topological polar surface area (TPSA) is 39.1 Å². The molecule has 0 aliphatic carbocycles. The van der Waals surface area contributed by atoms with E-state index in [0.717, 1.165) is 4.68 Å². The first-order chi connectivity index (χ1) is 6.50. The molecule has 1 N–H and O–H groups in total. The van der Waals surface area contributed by atoms with Crippen LogP contribution in [-0.2, 0) is 13.2 Å². The second-order valence-electron chi connectivity index (χ2n) is 2.93. The number of ether oxygens (including phenoxy) is 1. The van der Waals surface area contributed by atoms with Gasteiger partial charge in [-0.25, -0.2) is 0 Å². The monoisotopic (exact) mass is 243 g/mol. The molecule has 2 rings (SSSR count). The van der Waals surface area contributed by atoms with Crippen molar-refractivity contribution >= 4 is 18.1 Å². The summed E-state index contributed by atoms with van der Waals surface area (Å²) in [7, 11) is 1.24. The summed E-state index contributed by atoms with van der Waals surface area (Å²) in [5.41, 5.74) is -0.863. The molecule has 0 radical (unpaired) electrons. The fourth-order valence-electron chi connectivity index (χ4n) is 1.41. The molecule has 4 nitrogen and oxygen atoms in total. The molecule has 0 aromatic carbocycles. The van der Waals surface area contributed by atoms with Gasteiger partial charge in [-0.15, -0.1) is 17.5 Å². The summed E-state index contributed by atoms with van der Waals surface area (Å²) in [5, 5.41) is 6.26. The summed E-state index contributed by atoms with van der Waals surface area (Å²) < 4.78 is 43.3. The fourth-order valence-corrected chi connectivity index (χ4v) is 1.41. The fraction of sp³-hybridized carbons (Fsp3) is 0.571. The highest BCUT2D eigenvalue weighted by molar-refractivity contribution is 5.85. The minimum atomic E-state index is -4.41. The van der Waals surface area contributed by atoms with E-state index in [9.17, 15) is 13.2 Å². The highest BCUT2D eigenvalue weighted by Gasteiger charge is 2.40. The van der Waals surface area contributed by atoms with Gasteiger partial charge < -0.3 is 10.1 Å². The smallest absolute Gasteiger partial charge is 0.435 e. The maximum absolute atomic E-state index is 12.5. The Morgan fingerprint density at radius 2 is 2.13 bits per heavy atom. The van der Waals surface area contributed by atoms with E-state index in [-0.39, 0.29) is 24.0 Å². The number of aryl methyl sites for hydroxylation is 1. The number of nitrogens with zero attached hydrogens (tertiary/aromatic N) is 2. The Bertz CT molecular complexity index is 363. The molecule has 0 saturated heterocycles. The van der Waals surface area contributed by atoms with E-state index < -0.39 is 11.9 Å². The lowest BCUT2D eigenvalue weighted by molar-refractivity contribution is -0.143. The summed E-state index contributed by atoms with van der Waals surface area (Å²) in [4.78, 5) is 0. The number of anilines is 1. The van der Waals surface area contributed by atoms with Crippen LogP contribution in [-0.4, -0.2) is 22.9 Å². The zero-order valence-electron chi connectivity index (χ0n) is 7.76. The normalized spacial score (nSPS) is 14.7. The molecule has 1 aromatic heterocycles. The summed E-state index contributed by atoms with van der Waals surface area (Å²) in [6, 6.07) is 0. The van der Waals surface area contributed by atoms with Crippen LogP contribution < -0.4 is 10.1 Å². The summed E-state index contributed by atoms with van der Waals surface area (Å²) >= 11 is 0. The van der Waals surface area contributed by atoms with Crippen molar-refractivity contribution in [3.8, 4) is 5.88 Å². The average molecular weight is 244 g/mol. The van der Waals surface area contributed by atoms with Crippen LogP contribution in [0.4, 0.5) is 18.9 Å². The van der Waals surface area contributed by atoms with Gasteiger partial charge in [0.25, 0.3) is 5.88 Å². The molecule has 1 aliphatic heterocycles. The van der Waals surface area contributed by atoms with Gasteiger partial charge in [0.05, 0.1) is 0 Å². The van der Waals surface area contributed by atoms with Crippen molar-refractivity contribution in [3.63, 3.8) is 0 Å². The third-order valence-corrected chi connectivity index (χ3v) is 1.93. The Hall–Kier alpha value is -1.11. The van der Waals surface area contributed by atoms with Gasteiger partial charge in [-0.05, 0) is 0 Å². The second kappa shape index (κ2) is 3.80. The summed E-state index contributed by atoms with van der Waals surface area (Å²) in [6.07, 6.45) is -4.41. The van der Waals surface area contributed by atoms with Crippen LogP contribution in [0.25, 0.3) is 0 Å². The van der Waals surface area contributed by atoms with Crippen LogP contribution in [0.5, 0.6) is 5.88 Å². The molecule has 1 aliphatic rings. The number of hydrogen-bond donors (Lipinski definition) is 1. The standard InChI is InChI=1S/C7H8F3N3O.ClH/c1-13-5(7(8,9)10)4-6(12-13)14-3-2-11-4;/h11H,2-3H2,1H3;1H. The summed E-state index contributed by atoms with van der Waals surface area (Å²) in [6.45, 7) is 0.698. The van der Waals surface area contributed by atoms with Crippen LogP contribution >= 0.6 is 12.4 Å². The number of rotatable bonds is 0. The van der Waals surface area contributed by atoms with Crippen molar-refractivity contribution < 1.29 is 17.9 Å². The molecule has 1 aromatic rings. The van der Waals surface area contributed by atoms with Crippen LogP contribution in [0.3, 0.4) is 0 Å². The van der Waals surface area contributed by atoms with E-state index in [1.54, 1.807) is 0 Å². The molecule has 8 heteroatoms. The average Bonchev–Trinajstić information content (AvgIpc) is 2.38. The number of alkyl halides is 3. The Morgan fingerprint density at radius 1 is 1.47 bits per heavy atom. The molecule has 0 saturated carbocycles. The van der Waals surface area contributed by atoms with E-state index in [1.807, 2.05) is 0 Å². The first-order valence-corrected chi connectivity index (χ1v) is 4.01. The van der Waals surface area contributed by atoms with Gasteiger partial charge in [0.1, 0.15) is 12.3 Å². The molecule has 0 atom stereocenters. The minimum Gasteiger partial charge on any atom is -0.473 e. The molecule has 2 heterocycles. The number of halogens is 4. The van der Waals surface area contributed by atoms with E-state index in [4.69, 9.17) is 4.74 Å². The van der Waals surface area contributed by atoms with E-state index in [2.05, 4.69) is 10.4 Å². The largest absolute Gasteiger partial charge is 0.473 e. The zero-order chi connectivity index (χ0) is 10.3. The highest BCUT2D eigenvalue weighted by atomic mass is 35.5. The highest BCUT2D eigenvalue weighted by Crippen LogP contribution is 2.40. The van der Waals surface area contributed by atoms with E-state index in [1.165, 1.54) is 7.05 Å². The molecule has 0 fully saturated rings. The van der Waals surface area contributed by atoms with Gasteiger partial charge >= 0.3 is 6.18 Å². The Labute approximate surface area is 89.8 Å². The van der Waals surface area contributed by atoms with Gasteiger partial charge in [-0.3, -0.25) is 4.68 Å². The van der Waals surface area contributed by atoms with Gasteiger partial charge in [0.2, 0.25) is 0 Å². The molecule has 0 amide bonds. The lowest BCUT2D eigenvalue weighted by Gasteiger charge is -2.15. The predicted molar refractivity (Wildman–Crippen MR) is 49.4 cm³/mol. The van der Waals surface area contributed by atoms with E-state index >= 15 is 0 Å². The molecule has 0 spiro atoms. The Kier molecular flexibility index (Phi) is 3.03. The lowest BCUT2D eigenvalue weighted by Crippen LogP contribution is -2.20. The third-order valence-electron chi connectivity index (χ3n) is 1.93. The van der Waals surface area contributed by atoms with Crippen molar-refractivity contribution in [1.82, 2.24) is 9.78 Å². The second-order valence-corrected chi connectivity index (χ2v) is 2.93. The SMILES string of the molecule is Cl.Cn1nc2c(c1C(F)(F)F)NCCO2. The van der Waals surface area contributed by atoms with Crippen LogP contribution in [0.1, 0.15) is 5.69 Å². The number of fused-ring (bicyclic) bond motifs is 1. The maximum atomic E-state index is 12.5. The van der Waals surface area contributed by atoms with Crippen molar-refractivity contribution in [2.24, 2.45) is 7.05 Å². The molecule has 0 unspecified atom stereocenters. The predicted octanol–water partition coefficient (Wildman–Crippen LogP) is 1.66. The maximum Gasteiger partial charge on any atom is 0.435 e. The van der Waals surface area contributed by atoms with Crippen LogP contribution in [0.15, 0.2) is 0 Å². The molecular formula is C7H9ClF3N3O. The molecule has 15 heavy (non-hydrogen) atoms. The Balaban J connectivity index is 0.00000112. The first kappa shape index (κ1) is 12.0. The molecule has 0 bridgehead atoms. The number of nitrogens with one attached hydrogen (secondary N) is 1. The van der Waals surface area contributed by atoms with Crippen molar-refractivity contribution in [2.75, 3.05) is 18.5 Å². The van der Waals surface area contributed by atoms with Crippen LogP contribution in [0.2, 0.25) is 0 Å². The van der Waals surface area contributed by atoms with Gasteiger partial charge in [0, 0.05) is 13.6 Å². The van der Waals surface area contributed by atoms with Gasteiger partial charge in [-0.1, -0.05) is 0 Å². The minimum absolute atomic E-state index is 0. The van der Waals surface area contributed by atoms with Gasteiger partial charge in [0.15, 0.2) is 5.69 Å². The number of hydrogen-bond acceptors (Lipinski definition) is 3. The third kappa shape index (κ3) is 1.97. The number of aromatic nitrogens is 2. The van der Waals surface area contributed by atoms with Crippen molar-refractivity contribution in [1.29, 1.82) is 0 Å². The quantitative estimate of drug-likeness (QED) is 0.753. The van der Waals surface area contributed by atoms with Crippen molar-refractivity contribution in [3.05, 3.63) is 5.69 Å². The van der Waals surface area contributed by atoms with E-state index in [0.29, 0.717) is 13.2 Å². The molecular weight excluding hydrogens is 235 g/mol. The van der Waals surface area contributed by atoms with Crippen molar-refractivity contribution in [2.45, 2.75) is 6.18 Å². The van der Waals surface area contributed by atoms with Gasteiger partial charge in [-0.2, -0.15) is 13.2 Å². The lowest BCUT2D eigenvalue weighted by atomic mass is 10.3. The zero-order valence-corrected chi connectivity index (χ0v) is 8.58. The summed E-state index contributed by atoms with van der Waals surface area (Å²) in [5.74, 6) is 0.0195. The molecule has 86 valence electrons. The Morgan fingerprint density at radius 3 is 2.73 bits per heavy atom. The van der Waals surface area contributed by atoms with Crippen LogP contribution in [0, 0.1) is 0 Å².